The maximum absolute atomic E-state index is 12.2. The molecule has 0 N–H and O–H groups in total. The molecule has 2 unspecified atom stereocenters. The van der Waals surface area contributed by atoms with Crippen molar-refractivity contribution in [2.45, 2.75) is 51.9 Å². The van der Waals surface area contributed by atoms with E-state index in [0.717, 1.165) is 19.3 Å². The van der Waals surface area contributed by atoms with Gasteiger partial charge in [0, 0.05) is 17.2 Å². The Morgan fingerprint density at radius 3 is 3.19 bits per heavy atom. The summed E-state index contributed by atoms with van der Waals surface area (Å²) in [4.78, 5) is 13.7. The van der Waals surface area contributed by atoms with Crippen molar-refractivity contribution >= 4 is 17.1 Å². The predicted octanol–water partition coefficient (Wildman–Crippen LogP) is 4.17. The highest BCUT2D eigenvalue weighted by Gasteiger charge is 2.27. The molecule has 2 heteroatoms. The highest BCUT2D eigenvalue weighted by atomic mass is 32.1. The number of carbonyl (C=O) groups is 1. The third kappa shape index (κ3) is 2.37. The van der Waals surface area contributed by atoms with Gasteiger partial charge in [0.2, 0.25) is 0 Å². The van der Waals surface area contributed by atoms with Gasteiger partial charge in [-0.05, 0) is 42.2 Å². The van der Waals surface area contributed by atoms with Crippen LogP contribution in [0.1, 0.15) is 55.9 Å². The average Bonchev–Trinajstić information content (AvgIpc) is 2.76. The summed E-state index contributed by atoms with van der Waals surface area (Å²) in [6.07, 6.45) is 5.30. The number of rotatable bonds is 4. The first-order chi connectivity index (χ1) is 7.72. The van der Waals surface area contributed by atoms with E-state index in [1.807, 2.05) is 11.3 Å². The number of Topliss-reactive ketones (excluding diaryl/α,β-unsaturated/α-hetero) is 1. The lowest BCUT2D eigenvalue weighted by Crippen LogP contribution is -2.19. The molecule has 0 bridgehead atoms. The summed E-state index contributed by atoms with van der Waals surface area (Å²) < 4.78 is 0. The van der Waals surface area contributed by atoms with Gasteiger partial charge in [0.1, 0.15) is 5.78 Å². The first-order valence-electron chi connectivity index (χ1n) is 6.31. The van der Waals surface area contributed by atoms with Gasteiger partial charge >= 0.3 is 0 Å². The normalized spacial score (nSPS) is 21.5. The van der Waals surface area contributed by atoms with E-state index in [4.69, 9.17) is 0 Å². The van der Waals surface area contributed by atoms with E-state index in [1.165, 1.54) is 23.3 Å². The Bertz CT molecular complexity index is 367. The second-order valence-corrected chi connectivity index (χ2v) is 5.93. The summed E-state index contributed by atoms with van der Waals surface area (Å²) in [7, 11) is 0. The van der Waals surface area contributed by atoms with Gasteiger partial charge in [-0.15, -0.1) is 11.3 Å². The molecule has 0 aromatic carbocycles. The number of hydrogen-bond donors (Lipinski definition) is 0. The summed E-state index contributed by atoms with van der Waals surface area (Å²) in [5, 5.41) is 2.14. The molecule has 2 rings (SSSR count). The van der Waals surface area contributed by atoms with E-state index in [2.05, 4.69) is 25.3 Å². The van der Waals surface area contributed by atoms with Gasteiger partial charge < -0.3 is 0 Å². The average molecular weight is 236 g/mol. The lowest BCUT2D eigenvalue weighted by Gasteiger charge is -2.22. The van der Waals surface area contributed by atoms with Crippen LogP contribution in [0, 0.1) is 5.92 Å². The zero-order valence-electron chi connectivity index (χ0n) is 10.2. The molecule has 1 aliphatic rings. The van der Waals surface area contributed by atoms with Gasteiger partial charge in [-0.3, -0.25) is 4.79 Å². The van der Waals surface area contributed by atoms with Crippen molar-refractivity contribution in [1.82, 2.24) is 0 Å². The second-order valence-electron chi connectivity index (χ2n) is 4.93. The minimum atomic E-state index is 0.212. The first-order valence-corrected chi connectivity index (χ1v) is 7.19. The number of fused-ring (bicyclic) bond motifs is 1. The van der Waals surface area contributed by atoms with E-state index < -0.39 is 0 Å². The van der Waals surface area contributed by atoms with Crippen molar-refractivity contribution in [3.05, 3.63) is 21.9 Å². The number of carbonyl (C=O) groups excluding carboxylic acids is 1. The number of ketones is 1. The fourth-order valence-electron chi connectivity index (χ4n) is 2.45. The van der Waals surface area contributed by atoms with Crippen molar-refractivity contribution in [3.8, 4) is 0 Å². The van der Waals surface area contributed by atoms with Crippen LogP contribution in [-0.2, 0) is 11.2 Å². The molecular formula is C14H20OS. The third-order valence-electron chi connectivity index (χ3n) is 3.69. The maximum Gasteiger partial charge on any atom is 0.140 e. The second kappa shape index (κ2) is 5.13. The van der Waals surface area contributed by atoms with Crippen molar-refractivity contribution in [2.24, 2.45) is 5.92 Å². The third-order valence-corrected chi connectivity index (χ3v) is 4.68. The minimum Gasteiger partial charge on any atom is -0.299 e. The molecule has 16 heavy (non-hydrogen) atoms. The fourth-order valence-corrected chi connectivity index (χ4v) is 3.44. The number of aryl methyl sites for hydroxylation is 1. The van der Waals surface area contributed by atoms with Gasteiger partial charge in [-0.1, -0.05) is 20.3 Å². The SMILES string of the molecule is CCC(C)CC(=O)C1CCCc2sccc21. The van der Waals surface area contributed by atoms with Crippen LogP contribution in [0.25, 0.3) is 0 Å². The van der Waals surface area contributed by atoms with Gasteiger partial charge in [0.05, 0.1) is 0 Å². The molecule has 0 saturated carbocycles. The Balaban J connectivity index is 2.09. The van der Waals surface area contributed by atoms with Gasteiger partial charge in [-0.25, -0.2) is 0 Å². The van der Waals surface area contributed by atoms with Crippen molar-refractivity contribution < 1.29 is 4.79 Å². The molecule has 1 nitrogen and oxygen atoms in total. The van der Waals surface area contributed by atoms with Crippen LogP contribution >= 0.6 is 11.3 Å². The zero-order valence-corrected chi connectivity index (χ0v) is 11.0. The summed E-state index contributed by atoms with van der Waals surface area (Å²) >= 11 is 1.82. The van der Waals surface area contributed by atoms with E-state index >= 15 is 0 Å². The van der Waals surface area contributed by atoms with E-state index in [-0.39, 0.29) is 5.92 Å². The highest BCUT2D eigenvalue weighted by Crippen LogP contribution is 2.36. The van der Waals surface area contributed by atoms with E-state index in [0.29, 0.717) is 11.7 Å². The van der Waals surface area contributed by atoms with Crippen LogP contribution in [-0.4, -0.2) is 5.78 Å². The minimum absolute atomic E-state index is 0.212. The molecule has 2 atom stereocenters. The summed E-state index contributed by atoms with van der Waals surface area (Å²) in [6.45, 7) is 4.34. The molecule has 1 heterocycles. The van der Waals surface area contributed by atoms with Crippen molar-refractivity contribution in [1.29, 1.82) is 0 Å². The smallest absolute Gasteiger partial charge is 0.140 e. The summed E-state index contributed by atoms with van der Waals surface area (Å²) in [5.41, 5.74) is 1.34. The van der Waals surface area contributed by atoms with Crippen molar-refractivity contribution in [2.75, 3.05) is 0 Å². The molecule has 0 spiro atoms. The van der Waals surface area contributed by atoms with Crippen LogP contribution in [0.3, 0.4) is 0 Å². The zero-order chi connectivity index (χ0) is 11.5. The Labute approximate surface area is 102 Å². The first kappa shape index (κ1) is 11.8. The Morgan fingerprint density at radius 2 is 2.44 bits per heavy atom. The molecule has 1 aliphatic carbocycles. The van der Waals surface area contributed by atoms with Crippen LogP contribution in [0.5, 0.6) is 0 Å². The Morgan fingerprint density at radius 1 is 1.62 bits per heavy atom. The monoisotopic (exact) mass is 236 g/mol. The highest BCUT2D eigenvalue weighted by molar-refractivity contribution is 7.10. The lowest BCUT2D eigenvalue weighted by molar-refractivity contribution is -0.121. The van der Waals surface area contributed by atoms with Gasteiger partial charge in [0.15, 0.2) is 0 Å². The van der Waals surface area contributed by atoms with Crippen LogP contribution in [0.4, 0.5) is 0 Å². The predicted molar refractivity (Wildman–Crippen MR) is 69.1 cm³/mol. The molecule has 0 amide bonds. The van der Waals surface area contributed by atoms with E-state index in [1.54, 1.807) is 0 Å². The molecule has 1 aromatic rings. The summed E-state index contributed by atoms with van der Waals surface area (Å²) in [6, 6.07) is 2.17. The fraction of sp³-hybridized carbons (Fsp3) is 0.643. The Hall–Kier alpha value is -0.630. The molecular weight excluding hydrogens is 216 g/mol. The molecule has 1 aromatic heterocycles. The van der Waals surface area contributed by atoms with Gasteiger partial charge in [0.25, 0.3) is 0 Å². The van der Waals surface area contributed by atoms with Crippen molar-refractivity contribution in [3.63, 3.8) is 0 Å². The topological polar surface area (TPSA) is 17.1 Å². The van der Waals surface area contributed by atoms with Crippen LogP contribution in [0.15, 0.2) is 11.4 Å². The van der Waals surface area contributed by atoms with Crippen LogP contribution < -0.4 is 0 Å². The molecule has 88 valence electrons. The van der Waals surface area contributed by atoms with Crippen LogP contribution in [0.2, 0.25) is 0 Å². The number of thiophene rings is 1. The molecule has 0 fully saturated rings. The van der Waals surface area contributed by atoms with Gasteiger partial charge in [-0.2, -0.15) is 0 Å². The lowest BCUT2D eigenvalue weighted by atomic mass is 9.82. The quantitative estimate of drug-likeness (QED) is 0.766. The molecule has 0 saturated heterocycles. The van der Waals surface area contributed by atoms with E-state index in [9.17, 15) is 4.79 Å². The summed E-state index contributed by atoms with van der Waals surface area (Å²) in [5.74, 6) is 1.22. The standard InChI is InChI=1S/C14H20OS/c1-3-10(2)9-13(15)11-5-4-6-14-12(11)7-8-16-14/h7-8,10-11H,3-6,9H2,1-2H3. The molecule has 0 aliphatic heterocycles. The largest absolute Gasteiger partial charge is 0.299 e. The maximum atomic E-state index is 12.2. The number of hydrogen-bond acceptors (Lipinski definition) is 2. The molecule has 0 radical (unpaired) electrons. The Kier molecular flexibility index (Phi) is 3.80.